The number of aryl methyl sites for hydroxylation is 1. The first-order chi connectivity index (χ1) is 9.35. The van der Waals surface area contributed by atoms with E-state index < -0.39 is 10.1 Å². The third-order valence-electron chi connectivity index (χ3n) is 3.20. The normalized spacial score (nSPS) is 12.4. The summed E-state index contributed by atoms with van der Waals surface area (Å²) in [6, 6.07) is 5.99. The summed E-state index contributed by atoms with van der Waals surface area (Å²) in [5, 5.41) is 0. The van der Waals surface area contributed by atoms with Gasteiger partial charge in [0.05, 0.1) is 4.90 Å². The van der Waals surface area contributed by atoms with Crippen LogP contribution in [0, 0.1) is 12.8 Å². The molecule has 1 aromatic carbocycles. The fourth-order valence-electron chi connectivity index (χ4n) is 1.69. The monoisotopic (exact) mass is 301 g/mol. The Bertz CT molecular complexity index is 451. The molecule has 0 aliphatic rings. The molecule has 0 radical (unpaired) electrons. The van der Waals surface area contributed by atoms with Gasteiger partial charge in [-0.05, 0) is 37.9 Å². The Kier molecular flexibility index (Phi) is 9.46. The molecule has 4 nitrogen and oxygen atoms in total. The third-order valence-corrected chi connectivity index (χ3v) is 4.06. The molecule has 0 saturated carbocycles. The van der Waals surface area contributed by atoms with E-state index in [2.05, 4.69) is 13.8 Å². The van der Waals surface area contributed by atoms with Crippen molar-refractivity contribution in [1.82, 2.24) is 0 Å². The summed E-state index contributed by atoms with van der Waals surface area (Å²) >= 11 is 0. The van der Waals surface area contributed by atoms with Crippen LogP contribution in [0.2, 0.25) is 0 Å². The van der Waals surface area contributed by atoms with Crippen molar-refractivity contribution in [2.45, 2.75) is 51.3 Å². The second kappa shape index (κ2) is 9.91. The zero-order chi connectivity index (χ0) is 15.6. The lowest BCUT2D eigenvalue weighted by atomic mass is 10.00. The third kappa shape index (κ3) is 8.30. The second-order valence-electron chi connectivity index (χ2n) is 4.94. The molecule has 1 aromatic rings. The Labute approximate surface area is 123 Å². The number of benzene rings is 1. The molecule has 0 aliphatic heterocycles. The maximum absolute atomic E-state index is 10.5. The fourth-order valence-corrected chi connectivity index (χ4v) is 2.17. The molecule has 0 fully saturated rings. The van der Waals surface area contributed by atoms with Gasteiger partial charge in [-0.3, -0.25) is 4.55 Å². The van der Waals surface area contributed by atoms with Crippen LogP contribution in [-0.2, 0) is 10.1 Å². The molecule has 1 atom stereocenters. The standard InChI is InChI=1S/C8H19N.C7H8O3S/c1-3-5-6-8(4-2)7-9;1-6-2-4-7(5-3-6)11(8,9)10/h8H,3-7,9H2,1-2H3;2-5H,1H3,(H,8,9,10). The Hall–Kier alpha value is -0.910. The first-order valence-corrected chi connectivity index (χ1v) is 8.53. The molecule has 0 saturated heterocycles. The van der Waals surface area contributed by atoms with Crippen molar-refractivity contribution >= 4 is 10.1 Å². The molecular formula is C15H27NO3S. The molecule has 1 rings (SSSR count). The van der Waals surface area contributed by atoms with Crippen LogP contribution in [0.15, 0.2) is 29.2 Å². The highest BCUT2D eigenvalue weighted by Gasteiger charge is 2.06. The summed E-state index contributed by atoms with van der Waals surface area (Å²) in [6.45, 7) is 7.15. The van der Waals surface area contributed by atoms with E-state index in [-0.39, 0.29) is 4.90 Å². The summed E-state index contributed by atoms with van der Waals surface area (Å²) in [7, 11) is -4.02. The molecule has 0 heterocycles. The minimum absolute atomic E-state index is 0.0666. The molecule has 5 heteroatoms. The highest BCUT2D eigenvalue weighted by molar-refractivity contribution is 7.85. The molecule has 0 aromatic heterocycles. The number of nitrogens with two attached hydrogens (primary N) is 1. The lowest BCUT2D eigenvalue weighted by Gasteiger charge is -2.09. The van der Waals surface area contributed by atoms with Gasteiger partial charge in [-0.2, -0.15) is 8.42 Å². The van der Waals surface area contributed by atoms with Crippen molar-refractivity contribution in [3.8, 4) is 0 Å². The topological polar surface area (TPSA) is 80.4 Å². The van der Waals surface area contributed by atoms with Crippen LogP contribution in [0.4, 0.5) is 0 Å². The Balaban J connectivity index is 0.000000370. The summed E-state index contributed by atoms with van der Waals surface area (Å²) in [5.41, 5.74) is 6.48. The molecule has 20 heavy (non-hydrogen) atoms. The summed E-state index contributed by atoms with van der Waals surface area (Å²) in [5.74, 6) is 0.782. The minimum Gasteiger partial charge on any atom is -0.330 e. The summed E-state index contributed by atoms with van der Waals surface area (Å²) in [6.07, 6.45) is 5.21. The van der Waals surface area contributed by atoms with Crippen molar-refractivity contribution in [2.24, 2.45) is 11.7 Å². The van der Waals surface area contributed by atoms with Crippen molar-refractivity contribution in [3.63, 3.8) is 0 Å². The first kappa shape index (κ1) is 19.1. The average molecular weight is 301 g/mol. The molecule has 0 aliphatic carbocycles. The zero-order valence-corrected chi connectivity index (χ0v) is 13.5. The van der Waals surface area contributed by atoms with E-state index >= 15 is 0 Å². The SMILES string of the molecule is CCCCC(CC)CN.Cc1ccc(S(=O)(=O)O)cc1. The van der Waals surface area contributed by atoms with Crippen LogP contribution in [0.3, 0.4) is 0 Å². The van der Waals surface area contributed by atoms with E-state index in [0.29, 0.717) is 0 Å². The highest BCUT2D eigenvalue weighted by atomic mass is 32.2. The van der Waals surface area contributed by atoms with Gasteiger partial charge >= 0.3 is 0 Å². The van der Waals surface area contributed by atoms with Crippen LogP contribution < -0.4 is 5.73 Å². The first-order valence-electron chi connectivity index (χ1n) is 7.09. The van der Waals surface area contributed by atoms with Crippen LogP contribution >= 0.6 is 0 Å². The molecule has 1 unspecified atom stereocenters. The Morgan fingerprint density at radius 1 is 1.20 bits per heavy atom. The van der Waals surface area contributed by atoms with Crippen LogP contribution in [-0.4, -0.2) is 19.5 Å². The summed E-state index contributed by atoms with van der Waals surface area (Å²) < 4.78 is 29.6. The Morgan fingerprint density at radius 2 is 1.75 bits per heavy atom. The van der Waals surface area contributed by atoms with E-state index in [4.69, 9.17) is 10.3 Å². The minimum atomic E-state index is -4.02. The van der Waals surface area contributed by atoms with E-state index in [0.717, 1.165) is 18.0 Å². The maximum atomic E-state index is 10.5. The van der Waals surface area contributed by atoms with E-state index in [1.54, 1.807) is 12.1 Å². The predicted octanol–water partition coefficient (Wildman–Crippen LogP) is 3.40. The number of unbranched alkanes of at least 4 members (excludes halogenated alkanes) is 1. The highest BCUT2D eigenvalue weighted by Crippen LogP contribution is 2.10. The van der Waals surface area contributed by atoms with E-state index in [1.807, 2.05) is 6.92 Å². The molecule has 116 valence electrons. The van der Waals surface area contributed by atoms with Crippen LogP contribution in [0.25, 0.3) is 0 Å². The summed E-state index contributed by atoms with van der Waals surface area (Å²) in [4.78, 5) is -0.0666. The van der Waals surface area contributed by atoms with Gasteiger partial charge in [-0.1, -0.05) is 50.8 Å². The molecule has 0 amide bonds. The number of hydrogen-bond donors (Lipinski definition) is 2. The maximum Gasteiger partial charge on any atom is 0.294 e. The van der Waals surface area contributed by atoms with Gasteiger partial charge in [0.25, 0.3) is 10.1 Å². The van der Waals surface area contributed by atoms with Gasteiger partial charge < -0.3 is 5.73 Å². The van der Waals surface area contributed by atoms with E-state index in [9.17, 15) is 8.42 Å². The zero-order valence-electron chi connectivity index (χ0n) is 12.7. The van der Waals surface area contributed by atoms with Gasteiger partial charge in [-0.15, -0.1) is 0 Å². The van der Waals surface area contributed by atoms with Gasteiger partial charge in [0.2, 0.25) is 0 Å². The molecular weight excluding hydrogens is 274 g/mol. The smallest absolute Gasteiger partial charge is 0.294 e. The van der Waals surface area contributed by atoms with Crippen LogP contribution in [0.1, 0.15) is 45.1 Å². The molecule has 0 bridgehead atoms. The largest absolute Gasteiger partial charge is 0.330 e. The van der Waals surface area contributed by atoms with Crippen LogP contribution in [0.5, 0.6) is 0 Å². The van der Waals surface area contributed by atoms with Gasteiger partial charge in [0.15, 0.2) is 0 Å². The Morgan fingerprint density at radius 3 is 2.10 bits per heavy atom. The lowest BCUT2D eigenvalue weighted by Crippen LogP contribution is -2.12. The van der Waals surface area contributed by atoms with E-state index in [1.165, 1.54) is 37.8 Å². The van der Waals surface area contributed by atoms with Crippen molar-refractivity contribution in [1.29, 1.82) is 0 Å². The average Bonchev–Trinajstić information content (AvgIpc) is 2.40. The van der Waals surface area contributed by atoms with Gasteiger partial charge in [-0.25, -0.2) is 0 Å². The predicted molar refractivity (Wildman–Crippen MR) is 83.4 cm³/mol. The quantitative estimate of drug-likeness (QED) is 0.789. The number of rotatable bonds is 6. The number of hydrogen-bond acceptors (Lipinski definition) is 3. The fraction of sp³-hybridized carbons (Fsp3) is 0.600. The van der Waals surface area contributed by atoms with Gasteiger partial charge in [0.1, 0.15) is 0 Å². The second-order valence-corrected chi connectivity index (χ2v) is 6.36. The van der Waals surface area contributed by atoms with Gasteiger partial charge in [0, 0.05) is 0 Å². The lowest BCUT2D eigenvalue weighted by molar-refractivity contribution is 0.461. The molecule has 3 N–H and O–H groups in total. The van der Waals surface area contributed by atoms with Crippen molar-refractivity contribution in [2.75, 3.05) is 6.54 Å². The van der Waals surface area contributed by atoms with Crippen molar-refractivity contribution in [3.05, 3.63) is 29.8 Å². The van der Waals surface area contributed by atoms with Crippen molar-refractivity contribution < 1.29 is 13.0 Å². The molecule has 0 spiro atoms.